The van der Waals surface area contributed by atoms with Gasteiger partial charge in [-0.15, -0.1) is 0 Å². The van der Waals surface area contributed by atoms with Crippen molar-refractivity contribution in [1.29, 1.82) is 0 Å². The van der Waals surface area contributed by atoms with Crippen LogP contribution in [-0.4, -0.2) is 475 Å². The van der Waals surface area contributed by atoms with Gasteiger partial charge in [0.2, 0.25) is 23.6 Å². The zero-order chi connectivity index (χ0) is 81.8. The van der Waals surface area contributed by atoms with Crippen molar-refractivity contribution in [3.63, 3.8) is 0 Å². The maximum atomic E-state index is 13.1. The van der Waals surface area contributed by atoms with E-state index >= 15 is 0 Å². The molecule has 0 aliphatic carbocycles. The lowest BCUT2D eigenvalue weighted by molar-refractivity contribution is -0.401. The van der Waals surface area contributed by atoms with Gasteiger partial charge < -0.3 is 224 Å². The number of ether oxygens (including phenoxy) is 17. The molecule has 0 aromatic rings. The van der Waals surface area contributed by atoms with Crippen LogP contribution in [0, 0.1) is 0 Å². The lowest BCUT2D eigenvalue weighted by Crippen LogP contribution is -2.71. The number of hydrogen-bond donors (Lipinski definition) is 28. The van der Waals surface area contributed by atoms with Crippen LogP contribution in [0.3, 0.4) is 0 Å². The number of hydrogen-bond acceptors (Lipinski definition) is 45. The van der Waals surface area contributed by atoms with Crippen molar-refractivity contribution in [2.45, 2.75) is 311 Å². The van der Waals surface area contributed by atoms with Crippen LogP contribution in [0.1, 0.15) is 34.6 Å². The van der Waals surface area contributed by atoms with E-state index in [0.717, 1.165) is 27.7 Å². The van der Waals surface area contributed by atoms with Gasteiger partial charge in [-0.1, -0.05) is 0 Å². The third-order valence-electron chi connectivity index (χ3n) is 20.3. The largest absolute Gasteiger partial charge is 0.394 e. The summed E-state index contributed by atoms with van der Waals surface area (Å²) < 4.78 is 101. The van der Waals surface area contributed by atoms with Crippen LogP contribution < -0.4 is 21.3 Å². The molecular weight excluding hydrogens is 1520 g/mol. The van der Waals surface area contributed by atoms with E-state index < -0.39 is 353 Å². The Morgan fingerprint density at radius 3 is 0.955 bits per heavy atom. The molecule has 45 atom stereocenters. The Balaban J connectivity index is 1.05. The number of aliphatic hydroxyl groups is 24. The molecule has 9 aliphatic rings. The second-order valence-corrected chi connectivity index (χ2v) is 28.1. The van der Waals surface area contributed by atoms with E-state index in [9.17, 15) is 142 Å². The van der Waals surface area contributed by atoms with Gasteiger partial charge in [0.15, 0.2) is 56.6 Å². The van der Waals surface area contributed by atoms with E-state index in [1.54, 1.807) is 0 Å². The molecule has 9 rings (SSSR count). The lowest BCUT2D eigenvalue weighted by Gasteiger charge is -2.51. The van der Waals surface area contributed by atoms with Gasteiger partial charge in [-0.2, -0.15) is 0 Å². The second-order valence-electron chi connectivity index (χ2n) is 28.1. The molecule has 0 unspecified atom stereocenters. The van der Waals surface area contributed by atoms with Crippen molar-refractivity contribution in [2.75, 3.05) is 52.9 Å². The quantitative estimate of drug-likeness (QED) is 0.0346. The molecule has 111 heavy (non-hydrogen) atoms. The summed E-state index contributed by atoms with van der Waals surface area (Å²) in [6, 6.07) is -7.30. The Hall–Kier alpha value is -3.76. The van der Waals surface area contributed by atoms with Gasteiger partial charge >= 0.3 is 0 Å². The van der Waals surface area contributed by atoms with Crippen LogP contribution >= 0.6 is 0 Å². The van der Waals surface area contributed by atoms with E-state index in [2.05, 4.69) is 21.3 Å². The predicted octanol–water partition coefficient (Wildman–Crippen LogP) is -19.0. The molecule has 9 heterocycles. The molecule has 0 aromatic carbocycles. The maximum Gasteiger partial charge on any atom is 0.217 e. The SMILES string of the molecule is CC(=O)N[C@@H]1[C@@H](O)[C@H](O[C@@H]2O[C@H](CO)[C@@H](O[C@@H]3O[C@H](CO[C@H]4O[C@H](CO)[C@@H](O)[C@H](O)[C@@H]4O[C@@H]4O[C@H](CO)[C@@H](O)[C@H](O)[C@H]4NC(C)=O)[C@@H](O)[C@H](O[C@H]4O[C@H](CO)[C@@H](O)[C@H](O)[C@@H]4O[C@@H]4O[C@H](CO)[C@@H](O[C@@H]5O[C@H](CO)[C@H](O)[C@H](O)[C@H]5O[C@@H]5O[C@@H](C)[C@@H](O)[C@@H](O)[C@@H]5O)[C@H](O)[C@H]4NC(C)=O)[C@@H]3O)[C@H](O)[C@H]2NC(C)=O)[C@@H](CO)O[C@H]1O. The molecule has 0 spiro atoms. The summed E-state index contributed by atoms with van der Waals surface area (Å²) in [5.41, 5.74) is 0. The molecule has 49 heteroatoms. The highest BCUT2D eigenvalue weighted by Crippen LogP contribution is 2.40. The van der Waals surface area contributed by atoms with Crippen molar-refractivity contribution in [3.8, 4) is 0 Å². The van der Waals surface area contributed by atoms with Crippen LogP contribution in [-0.2, 0) is 99.7 Å². The van der Waals surface area contributed by atoms with E-state index in [-0.39, 0.29) is 0 Å². The molecule has 4 amide bonds. The number of nitrogens with one attached hydrogen (secondary N) is 4. The second kappa shape index (κ2) is 39.7. The summed E-state index contributed by atoms with van der Waals surface area (Å²) >= 11 is 0. The van der Waals surface area contributed by atoms with Gasteiger partial charge in [-0.05, 0) is 6.92 Å². The highest BCUT2D eigenvalue weighted by atomic mass is 16.8. The first-order chi connectivity index (χ1) is 52.5. The van der Waals surface area contributed by atoms with Gasteiger partial charge in [-0.3, -0.25) is 19.2 Å². The minimum atomic E-state index is -2.56. The number of carbonyl (C=O) groups is 4. The van der Waals surface area contributed by atoms with Crippen molar-refractivity contribution in [2.24, 2.45) is 0 Å². The Morgan fingerprint density at radius 2 is 0.541 bits per heavy atom. The average molecular weight is 1630 g/mol. The molecule has 0 aromatic heterocycles. The monoisotopic (exact) mass is 1620 g/mol. The van der Waals surface area contributed by atoms with E-state index in [1.807, 2.05) is 0 Å². The Labute approximate surface area is 629 Å². The number of carbonyl (C=O) groups excluding carboxylic acids is 4. The van der Waals surface area contributed by atoms with E-state index in [0.29, 0.717) is 0 Å². The molecule has 0 bridgehead atoms. The fraction of sp³-hybridized carbons (Fsp3) is 0.935. The molecule has 0 saturated carbocycles. The Kier molecular flexibility index (Phi) is 32.6. The Bertz CT molecular complexity index is 2950. The van der Waals surface area contributed by atoms with Crippen LogP contribution in [0.2, 0.25) is 0 Å². The number of aliphatic hydroxyl groups excluding tert-OH is 24. The highest BCUT2D eigenvalue weighted by Gasteiger charge is 2.61. The van der Waals surface area contributed by atoms with E-state index in [1.165, 1.54) is 6.92 Å². The van der Waals surface area contributed by atoms with Crippen LogP contribution in [0.4, 0.5) is 0 Å². The molecule has 9 aliphatic heterocycles. The number of amides is 4. The zero-order valence-electron chi connectivity index (χ0n) is 59.9. The van der Waals surface area contributed by atoms with Crippen LogP contribution in [0.15, 0.2) is 0 Å². The minimum Gasteiger partial charge on any atom is -0.394 e. The summed E-state index contributed by atoms with van der Waals surface area (Å²) in [6.07, 6.45) is -84.0. The lowest BCUT2D eigenvalue weighted by atomic mass is 9.93. The van der Waals surface area contributed by atoms with Crippen molar-refractivity contribution >= 4 is 23.6 Å². The molecular formula is C62H104N4O45. The third kappa shape index (κ3) is 20.2. The van der Waals surface area contributed by atoms with Gasteiger partial charge in [0, 0.05) is 27.7 Å². The number of rotatable bonds is 28. The Morgan fingerprint density at radius 1 is 0.252 bits per heavy atom. The highest BCUT2D eigenvalue weighted by molar-refractivity contribution is 5.74. The first kappa shape index (κ1) is 91.1. The molecule has 9 saturated heterocycles. The molecule has 9 fully saturated rings. The van der Waals surface area contributed by atoms with Crippen molar-refractivity contribution in [3.05, 3.63) is 0 Å². The fourth-order valence-corrected chi connectivity index (χ4v) is 14.4. The first-order valence-corrected chi connectivity index (χ1v) is 35.5. The van der Waals surface area contributed by atoms with E-state index in [4.69, 9.17) is 80.5 Å². The zero-order valence-corrected chi connectivity index (χ0v) is 59.9. The van der Waals surface area contributed by atoms with Crippen molar-refractivity contribution in [1.82, 2.24) is 21.3 Å². The smallest absolute Gasteiger partial charge is 0.217 e. The van der Waals surface area contributed by atoms with Crippen molar-refractivity contribution < 1.29 is 222 Å². The predicted molar refractivity (Wildman–Crippen MR) is 342 cm³/mol. The van der Waals surface area contributed by atoms with Gasteiger partial charge in [0.05, 0.1) is 59.0 Å². The average Bonchev–Trinajstić information content (AvgIpc) is 0.771. The first-order valence-electron chi connectivity index (χ1n) is 35.5. The summed E-state index contributed by atoms with van der Waals surface area (Å²) in [7, 11) is 0. The standard InChI is InChI=1S/C62H104N4O45/c1-14-31(78)41(88)45(92)58(96-14)111-53-44(91)35(82)21(8-69)100-61(53)107-49-25(12-73)103-57(30(40(49)87)66-18(5)77)110-52-43(90)34(81)22(9-70)101-62(52)108-50-36(83)26(13-95-60-51(42(89)33(80)20(7-68)99-60)109-55-28(64-16(3)75)37(84)32(79)19(6-67)98-55)104-59(46(50)93)106-48-24(11-72)102-56(29(39(48)86)65-17(4)76)105-47-23(10-71)97-54(94)27(38(47)85)63-15(2)74/h14,19-62,67-73,78-94H,6-13H2,1-5H3,(H,63,74)(H,64,75)(H,65,76)(H,66,77)/t14-,19+,20+,21+,22+,23+,24+,25+,26+,27+,28+,29+,30+,31+,32+,33+,34+,35-,36+,37+,38+,39+,40+,41+,42-,43-,44-,45-,46-,47+,48+,49+,50-,51-,52-,53+,54+,55-,56-,57-,58-,59-,60-,61-,62+/m0/s1. The molecule has 0 radical (unpaired) electrons. The van der Waals surface area contributed by atoms with Gasteiger partial charge in [-0.25, -0.2) is 0 Å². The molecule has 28 N–H and O–H groups in total. The van der Waals surface area contributed by atoms with Crippen LogP contribution in [0.5, 0.6) is 0 Å². The summed E-state index contributed by atoms with van der Waals surface area (Å²) in [4.78, 5) is 50.7. The topological polar surface area (TPSA) is 759 Å². The van der Waals surface area contributed by atoms with Gasteiger partial charge in [0.1, 0.15) is 213 Å². The van der Waals surface area contributed by atoms with Crippen LogP contribution in [0.25, 0.3) is 0 Å². The third-order valence-corrected chi connectivity index (χ3v) is 20.3. The maximum absolute atomic E-state index is 13.1. The summed E-state index contributed by atoms with van der Waals surface area (Å²) in [6.45, 7) is -3.64. The normalized spacial score (nSPS) is 49.3. The molecule has 642 valence electrons. The minimum absolute atomic E-state index is 0.782. The van der Waals surface area contributed by atoms with Gasteiger partial charge in [0.25, 0.3) is 0 Å². The summed E-state index contributed by atoms with van der Waals surface area (Å²) in [5, 5.41) is 277. The molecule has 49 nitrogen and oxygen atoms in total. The summed E-state index contributed by atoms with van der Waals surface area (Å²) in [5.74, 6) is -3.54. The fourth-order valence-electron chi connectivity index (χ4n) is 14.4.